The van der Waals surface area contributed by atoms with Crippen molar-refractivity contribution >= 4 is 54.9 Å². The number of Topliss-reactive ketones (excluding diaryl/α,β-unsaturated/α-hetero) is 1. The lowest BCUT2D eigenvalue weighted by atomic mass is 9.87. The third-order valence-corrected chi connectivity index (χ3v) is 7.90. The van der Waals surface area contributed by atoms with Gasteiger partial charge in [0.05, 0.1) is 21.5 Å². The van der Waals surface area contributed by atoms with Gasteiger partial charge in [0.25, 0.3) is 5.78 Å². The fraction of sp³-hybridized carbons (Fsp3) is 0.161. The van der Waals surface area contributed by atoms with E-state index in [0.29, 0.717) is 16.4 Å². The van der Waals surface area contributed by atoms with Gasteiger partial charge in [-0.15, -0.1) is 0 Å². The van der Waals surface area contributed by atoms with Crippen LogP contribution in [0.4, 0.5) is 5.13 Å². The van der Waals surface area contributed by atoms with Gasteiger partial charge in [-0.3, -0.25) is 19.5 Å². The maximum atomic E-state index is 13.5. The number of fused-ring (bicyclic) bond motifs is 2. The molecule has 1 aliphatic heterocycles. The van der Waals surface area contributed by atoms with Crippen LogP contribution in [-0.2, 0) is 15.0 Å². The summed E-state index contributed by atoms with van der Waals surface area (Å²) in [7, 11) is 0. The molecule has 1 atom stereocenters. The molecule has 2 aromatic heterocycles. The van der Waals surface area contributed by atoms with E-state index in [9.17, 15) is 14.7 Å². The molecular formula is C31H25N3O3S. The number of aromatic nitrogens is 2. The average Bonchev–Trinajstić information content (AvgIpc) is 3.45. The summed E-state index contributed by atoms with van der Waals surface area (Å²) < 4.78 is 0.920. The molecule has 1 N–H and O–H groups in total. The molecule has 1 amide bonds. The fourth-order valence-electron chi connectivity index (χ4n) is 4.82. The highest BCUT2D eigenvalue weighted by Gasteiger charge is 2.48. The molecule has 188 valence electrons. The summed E-state index contributed by atoms with van der Waals surface area (Å²) in [5.74, 6) is -1.73. The van der Waals surface area contributed by atoms with Crippen molar-refractivity contribution in [2.45, 2.75) is 32.2 Å². The third-order valence-electron chi connectivity index (χ3n) is 6.88. The van der Waals surface area contributed by atoms with Crippen molar-refractivity contribution in [3.63, 3.8) is 0 Å². The van der Waals surface area contributed by atoms with Gasteiger partial charge >= 0.3 is 5.91 Å². The highest BCUT2D eigenvalue weighted by atomic mass is 32.1. The number of nitrogens with zero attached hydrogens (tertiary/aromatic N) is 3. The lowest BCUT2D eigenvalue weighted by Gasteiger charge is -2.22. The number of hydrogen-bond acceptors (Lipinski definition) is 6. The van der Waals surface area contributed by atoms with Crippen LogP contribution in [0, 0.1) is 0 Å². The van der Waals surface area contributed by atoms with E-state index in [0.717, 1.165) is 26.6 Å². The number of rotatable bonds is 3. The smallest absolute Gasteiger partial charge is 0.301 e. The summed E-state index contributed by atoms with van der Waals surface area (Å²) in [5, 5.41) is 13.8. The molecule has 0 saturated carbocycles. The summed E-state index contributed by atoms with van der Waals surface area (Å²) in [4.78, 5) is 37.6. The molecule has 1 saturated heterocycles. The Morgan fingerprint density at radius 1 is 0.921 bits per heavy atom. The molecule has 3 heterocycles. The van der Waals surface area contributed by atoms with E-state index in [1.54, 1.807) is 30.5 Å². The summed E-state index contributed by atoms with van der Waals surface area (Å²) in [6.07, 6.45) is 1.61. The number of hydrogen-bond donors (Lipinski definition) is 1. The van der Waals surface area contributed by atoms with Gasteiger partial charge in [0, 0.05) is 11.8 Å². The minimum absolute atomic E-state index is 0.00128. The number of benzene rings is 3. The zero-order valence-electron chi connectivity index (χ0n) is 21.2. The van der Waals surface area contributed by atoms with Crippen LogP contribution in [0.25, 0.3) is 26.7 Å². The Morgan fingerprint density at radius 3 is 2.42 bits per heavy atom. The van der Waals surface area contributed by atoms with Crippen molar-refractivity contribution in [1.29, 1.82) is 0 Å². The molecule has 1 fully saturated rings. The van der Waals surface area contributed by atoms with Crippen LogP contribution in [0.1, 0.15) is 43.6 Å². The number of carbonyl (C=O) groups is 2. The van der Waals surface area contributed by atoms with Crippen LogP contribution in [-0.4, -0.2) is 26.8 Å². The van der Waals surface area contributed by atoms with Gasteiger partial charge in [-0.2, -0.15) is 0 Å². The fourth-order valence-corrected chi connectivity index (χ4v) is 5.85. The number of pyridine rings is 1. The summed E-state index contributed by atoms with van der Waals surface area (Å²) in [5.41, 5.74) is 2.79. The first-order valence-electron chi connectivity index (χ1n) is 12.3. The Labute approximate surface area is 223 Å². The summed E-state index contributed by atoms with van der Waals surface area (Å²) in [6.45, 7) is 6.42. The summed E-state index contributed by atoms with van der Waals surface area (Å²) in [6, 6.07) is 23.7. The largest absolute Gasteiger partial charge is 0.507 e. The maximum Gasteiger partial charge on any atom is 0.301 e. The first-order valence-corrected chi connectivity index (χ1v) is 13.2. The van der Waals surface area contributed by atoms with Crippen molar-refractivity contribution in [2.24, 2.45) is 0 Å². The summed E-state index contributed by atoms with van der Waals surface area (Å²) >= 11 is 1.35. The van der Waals surface area contributed by atoms with Crippen molar-refractivity contribution in [2.75, 3.05) is 4.90 Å². The lowest BCUT2D eigenvalue weighted by Crippen LogP contribution is -2.29. The molecule has 0 spiro atoms. The molecule has 1 unspecified atom stereocenters. The molecule has 7 heteroatoms. The van der Waals surface area contributed by atoms with Crippen LogP contribution < -0.4 is 4.90 Å². The quantitative estimate of drug-likeness (QED) is 0.162. The van der Waals surface area contributed by atoms with Gasteiger partial charge in [0.15, 0.2) is 5.13 Å². The molecule has 1 aliphatic rings. The SMILES string of the molecule is CC(C)(C)c1ccc2nc(N3C(=O)C(=O)/C(=C(/O)c4ccc5ccccc5c4)C3c3ccccn3)sc2c1. The van der Waals surface area contributed by atoms with Crippen LogP contribution in [0.2, 0.25) is 0 Å². The second kappa shape index (κ2) is 8.89. The lowest BCUT2D eigenvalue weighted by molar-refractivity contribution is -0.132. The molecule has 3 aromatic carbocycles. The number of anilines is 1. The second-order valence-corrected chi connectivity index (χ2v) is 11.4. The minimum Gasteiger partial charge on any atom is -0.507 e. The van der Waals surface area contributed by atoms with Crippen molar-refractivity contribution in [3.8, 4) is 0 Å². The zero-order valence-corrected chi connectivity index (χ0v) is 22.0. The van der Waals surface area contributed by atoms with E-state index in [-0.39, 0.29) is 16.7 Å². The first kappa shape index (κ1) is 24.0. The monoisotopic (exact) mass is 519 g/mol. The van der Waals surface area contributed by atoms with Crippen LogP contribution in [0.15, 0.2) is 90.6 Å². The Morgan fingerprint density at radius 2 is 1.68 bits per heavy atom. The zero-order chi connectivity index (χ0) is 26.6. The topological polar surface area (TPSA) is 83.4 Å². The molecule has 0 aliphatic carbocycles. The van der Waals surface area contributed by atoms with E-state index in [2.05, 4.69) is 31.8 Å². The van der Waals surface area contributed by atoms with Gasteiger partial charge in [-0.1, -0.05) is 80.6 Å². The molecular weight excluding hydrogens is 494 g/mol. The number of aliphatic hydroxyl groups excluding tert-OH is 1. The predicted octanol–water partition coefficient (Wildman–Crippen LogP) is 6.77. The van der Waals surface area contributed by atoms with E-state index in [1.807, 2.05) is 48.5 Å². The number of carbonyl (C=O) groups excluding carboxylic acids is 2. The van der Waals surface area contributed by atoms with E-state index in [4.69, 9.17) is 4.98 Å². The normalized spacial score (nSPS) is 17.6. The Kier molecular flexibility index (Phi) is 5.61. The highest BCUT2D eigenvalue weighted by Crippen LogP contribution is 2.44. The van der Waals surface area contributed by atoms with E-state index >= 15 is 0 Å². The first-order chi connectivity index (χ1) is 18.2. The van der Waals surface area contributed by atoms with Gasteiger partial charge in [0.1, 0.15) is 11.8 Å². The van der Waals surface area contributed by atoms with Gasteiger partial charge in [-0.05, 0) is 52.1 Å². The molecule has 38 heavy (non-hydrogen) atoms. The maximum absolute atomic E-state index is 13.5. The Balaban J connectivity index is 1.53. The molecule has 0 radical (unpaired) electrons. The highest BCUT2D eigenvalue weighted by molar-refractivity contribution is 7.22. The number of amides is 1. The molecule has 6 rings (SSSR count). The standard InChI is InChI=1S/C31H25N3O3S/c1-31(2,3)21-13-14-22-24(17-21)38-30(33-22)34-26(23-10-6-7-15-32-23)25(28(36)29(34)37)27(35)20-12-11-18-8-4-5-9-19(18)16-20/h4-17,26,35H,1-3H3/b27-25+. The molecule has 6 nitrogen and oxygen atoms in total. The van der Waals surface area contributed by atoms with E-state index < -0.39 is 17.7 Å². The number of ketones is 1. The third kappa shape index (κ3) is 3.96. The van der Waals surface area contributed by atoms with Crippen LogP contribution in [0.3, 0.4) is 0 Å². The van der Waals surface area contributed by atoms with E-state index in [1.165, 1.54) is 16.2 Å². The number of aliphatic hydroxyl groups is 1. The van der Waals surface area contributed by atoms with Gasteiger partial charge in [0.2, 0.25) is 0 Å². The van der Waals surface area contributed by atoms with Crippen LogP contribution >= 0.6 is 11.3 Å². The minimum atomic E-state index is -0.912. The molecule has 5 aromatic rings. The second-order valence-electron chi connectivity index (χ2n) is 10.4. The van der Waals surface area contributed by atoms with Crippen LogP contribution in [0.5, 0.6) is 0 Å². The van der Waals surface area contributed by atoms with Crippen molar-refractivity contribution < 1.29 is 14.7 Å². The Bertz CT molecular complexity index is 1770. The van der Waals surface area contributed by atoms with Gasteiger partial charge < -0.3 is 5.11 Å². The number of thiazole rings is 1. The predicted molar refractivity (Wildman–Crippen MR) is 151 cm³/mol. The van der Waals surface area contributed by atoms with Crippen molar-refractivity contribution in [1.82, 2.24) is 9.97 Å². The molecule has 0 bridgehead atoms. The average molecular weight is 520 g/mol. The Hall–Kier alpha value is -4.36. The van der Waals surface area contributed by atoms with Crippen molar-refractivity contribution in [3.05, 3.63) is 107 Å². The van der Waals surface area contributed by atoms with Gasteiger partial charge in [-0.25, -0.2) is 4.98 Å².